The van der Waals surface area contributed by atoms with Gasteiger partial charge in [0.1, 0.15) is 0 Å². The maximum absolute atomic E-state index is 12.3. The fraction of sp³-hybridized carbons (Fsp3) is 0.316. The van der Waals surface area contributed by atoms with Crippen molar-refractivity contribution in [2.75, 3.05) is 25.6 Å². The lowest BCUT2D eigenvalue weighted by atomic mass is 10.2. The minimum atomic E-state index is 0. The number of aliphatic imine (C=N–C) groups is 1. The highest BCUT2D eigenvalue weighted by Crippen LogP contribution is 2.20. The maximum Gasteiger partial charge on any atom is 0.229 e. The van der Waals surface area contributed by atoms with Crippen LogP contribution in [0.5, 0.6) is 5.88 Å². The summed E-state index contributed by atoms with van der Waals surface area (Å²) in [7, 11) is 3.30. The summed E-state index contributed by atoms with van der Waals surface area (Å²) in [5.74, 6) is 1.33. The van der Waals surface area contributed by atoms with Gasteiger partial charge in [-0.3, -0.25) is 9.79 Å². The van der Waals surface area contributed by atoms with Crippen LogP contribution in [0.1, 0.15) is 12.1 Å². The third-order valence-corrected chi connectivity index (χ3v) is 4.18. The molecule has 3 rings (SSSR count). The minimum absolute atomic E-state index is 0. The van der Waals surface area contributed by atoms with E-state index in [1.165, 1.54) is 0 Å². The normalized spacial score (nSPS) is 16.7. The largest absolute Gasteiger partial charge is 0.481 e. The number of methoxy groups -OCH3 is 1. The summed E-state index contributed by atoms with van der Waals surface area (Å²) in [5.41, 5.74) is 1.77. The zero-order chi connectivity index (χ0) is 18.4. The van der Waals surface area contributed by atoms with E-state index < -0.39 is 0 Å². The average molecular weight is 481 g/mol. The molecular weight excluding hydrogens is 457 g/mol. The van der Waals surface area contributed by atoms with E-state index in [1.54, 1.807) is 25.1 Å². The molecule has 27 heavy (non-hydrogen) atoms. The molecule has 1 aromatic heterocycles. The Morgan fingerprint density at radius 2 is 2.04 bits per heavy atom. The summed E-state index contributed by atoms with van der Waals surface area (Å²) in [5, 5.41) is 6.54. The van der Waals surface area contributed by atoms with Crippen molar-refractivity contribution in [3.63, 3.8) is 0 Å². The van der Waals surface area contributed by atoms with E-state index in [2.05, 4.69) is 20.6 Å². The predicted molar refractivity (Wildman–Crippen MR) is 117 cm³/mol. The second kappa shape index (κ2) is 10.1. The van der Waals surface area contributed by atoms with Crippen molar-refractivity contribution >= 4 is 41.5 Å². The van der Waals surface area contributed by atoms with Gasteiger partial charge in [-0.05, 0) is 18.2 Å². The topological polar surface area (TPSA) is 78.9 Å². The van der Waals surface area contributed by atoms with Gasteiger partial charge in [-0.25, -0.2) is 4.98 Å². The van der Waals surface area contributed by atoms with Crippen molar-refractivity contribution < 1.29 is 9.53 Å². The van der Waals surface area contributed by atoms with Crippen molar-refractivity contribution in [2.45, 2.75) is 19.0 Å². The molecule has 1 aromatic carbocycles. The van der Waals surface area contributed by atoms with Gasteiger partial charge in [0.05, 0.1) is 25.4 Å². The Labute approximate surface area is 176 Å². The SMILES string of the molecule is CN=C(NCc1cccc(OC)n1)NC1CC(=O)N(c2ccccc2)C1.I. The molecule has 0 bridgehead atoms. The van der Waals surface area contributed by atoms with Crippen molar-refractivity contribution in [1.82, 2.24) is 15.6 Å². The Morgan fingerprint density at radius 3 is 2.74 bits per heavy atom. The number of carbonyl (C=O) groups is 1. The Balaban J connectivity index is 0.00000261. The van der Waals surface area contributed by atoms with E-state index in [0.717, 1.165) is 11.4 Å². The fourth-order valence-electron chi connectivity index (χ4n) is 2.89. The number of amides is 1. The molecule has 0 radical (unpaired) electrons. The molecule has 0 aliphatic carbocycles. The van der Waals surface area contributed by atoms with E-state index in [0.29, 0.717) is 31.3 Å². The van der Waals surface area contributed by atoms with Crippen molar-refractivity contribution in [2.24, 2.45) is 4.99 Å². The van der Waals surface area contributed by atoms with Gasteiger partial charge in [0.2, 0.25) is 11.8 Å². The molecule has 1 atom stereocenters. The van der Waals surface area contributed by atoms with Gasteiger partial charge in [0.15, 0.2) is 5.96 Å². The number of benzene rings is 1. The monoisotopic (exact) mass is 481 g/mol. The first kappa shape index (κ1) is 20.9. The number of nitrogens with one attached hydrogen (secondary N) is 2. The molecule has 0 saturated carbocycles. The highest BCUT2D eigenvalue weighted by molar-refractivity contribution is 14.0. The molecule has 1 aliphatic heterocycles. The molecule has 0 spiro atoms. The maximum atomic E-state index is 12.3. The summed E-state index contributed by atoms with van der Waals surface area (Å²) >= 11 is 0. The van der Waals surface area contributed by atoms with Crippen LogP contribution in [0.3, 0.4) is 0 Å². The second-order valence-electron chi connectivity index (χ2n) is 5.98. The summed E-state index contributed by atoms with van der Waals surface area (Å²) in [6.07, 6.45) is 0.438. The molecule has 2 heterocycles. The molecule has 2 N–H and O–H groups in total. The highest BCUT2D eigenvalue weighted by atomic mass is 127. The zero-order valence-corrected chi connectivity index (χ0v) is 17.7. The molecular formula is C19H24IN5O2. The first-order chi connectivity index (χ1) is 12.7. The lowest BCUT2D eigenvalue weighted by Crippen LogP contribution is -2.44. The number of pyridine rings is 1. The average Bonchev–Trinajstić information content (AvgIpc) is 3.06. The Bertz CT molecular complexity index is 785. The van der Waals surface area contributed by atoms with Crippen LogP contribution in [-0.2, 0) is 11.3 Å². The van der Waals surface area contributed by atoms with E-state index in [4.69, 9.17) is 4.74 Å². The van der Waals surface area contributed by atoms with Crippen LogP contribution >= 0.6 is 24.0 Å². The van der Waals surface area contributed by atoms with E-state index >= 15 is 0 Å². The van der Waals surface area contributed by atoms with Crippen LogP contribution in [0, 0.1) is 0 Å². The van der Waals surface area contributed by atoms with Crippen molar-refractivity contribution in [1.29, 1.82) is 0 Å². The van der Waals surface area contributed by atoms with Crippen LogP contribution in [0.4, 0.5) is 5.69 Å². The first-order valence-electron chi connectivity index (χ1n) is 8.52. The number of aromatic nitrogens is 1. The Kier molecular flexibility index (Phi) is 7.83. The highest BCUT2D eigenvalue weighted by Gasteiger charge is 2.30. The van der Waals surface area contributed by atoms with E-state index in [1.807, 2.05) is 42.5 Å². The van der Waals surface area contributed by atoms with Crippen molar-refractivity contribution in [3.8, 4) is 5.88 Å². The Hall–Kier alpha value is -2.36. The lowest BCUT2D eigenvalue weighted by Gasteiger charge is -2.19. The number of para-hydroxylation sites is 1. The van der Waals surface area contributed by atoms with Gasteiger partial charge in [-0.15, -0.1) is 24.0 Å². The molecule has 8 heteroatoms. The summed E-state index contributed by atoms with van der Waals surface area (Å²) in [4.78, 5) is 22.7. The number of rotatable bonds is 5. The molecule has 1 unspecified atom stereocenters. The molecule has 1 fully saturated rings. The van der Waals surface area contributed by atoms with Crippen LogP contribution in [-0.4, -0.2) is 43.6 Å². The third kappa shape index (κ3) is 5.56. The first-order valence-corrected chi connectivity index (χ1v) is 8.52. The van der Waals surface area contributed by atoms with Gasteiger partial charge in [-0.2, -0.15) is 0 Å². The standard InChI is InChI=1S/C19H23N5O2.HI/c1-20-19(21-12-14-7-6-10-17(22-14)26-2)23-15-11-18(25)24(13-15)16-8-4-3-5-9-16;/h3-10,15H,11-13H2,1-2H3,(H2,20,21,23);1H. The number of hydrogen-bond donors (Lipinski definition) is 2. The smallest absolute Gasteiger partial charge is 0.229 e. The lowest BCUT2D eigenvalue weighted by molar-refractivity contribution is -0.117. The number of halogens is 1. The molecule has 7 nitrogen and oxygen atoms in total. The van der Waals surface area contributed by atoms with Crippen LogP contribution in [0.25, 0.3) is 0 Å². The number of anilines is 1. The molecule has 1 saturated heterocycles. The summed E-state index contributed by atoms with van der Waals surface area (Å²) in [6, 6.07) is 15.3. The van der Waals surface area contributed by atoms with Crippen LogP contribution in [0.15, 0.2) is 53.5 Å². The van der Waals surface area contributed by atoms with Crippen LogP contribution in [0.2, 0.25) is 0 Å². The second-order valence-corrected chi connectivity index (χ2v) is 5.98. The van der Waals surface area contributed by atoms with Crippen molar-refractivity contribution in [3.05, 3.63) is 54.2 Å². The quantitative estimate of drug-likeness (QED) is 0.389. The third-order valence-electron chi connectivity index (χ3n) is 4.18. The minimum Gasteiger partial charge on any atom is -0.481 e. The van der Waals surface area contributed by atoms with Gasteiger partial charge < -0.3 is 20.3 Å². The summed E-state index contributed by atoms with van der Waals surface area (Å²) in [6.45, 7) is 1.13. The van der Waals surface area contributed by atoms with Gasteiger partial charge >= 0.3 is 0 Å². The molecule has 1 amide bonds. The summed E-state index contributed by atoms with van der Waals surface area (Å²) < 4.78 is 5.13. The molecule has 1 aliphatic rings. The van der Waals surface area contributed by atoms with Gasteiger partial charge in [0.25, 0.3) is 0 Å². The van der Waals surface area contributed by atoms with E-state index in [-0.39, 0.29) is 35.9 Å². The Morgan fingerprint density at radius 1 is 1.26 bits per heavy atom. The van der Waals surface area contributed by atoms with Gasteiger partial charge in [0, 0.05) is 31.8 Å². The number of carbonyl (C=O) groups excluding carboxylic acids is 1. The van der Waals surface area contributed by atoms with Crippen LogP contribution < -0.4 is 20.3 Å². The molecule has 2 aromatic rings. The molecule has 144 valence electrons. The fourth-order valence-corrected chi connectivity index (χ4v) is 2.89. The number of guanidine groups is 1. The van der Waals surface area contributed by atoms with Gasteiger partial charge in [-0.1, -0.05) is 24.3 Å². The van der Waals surface area contributed by atoms with E-state index in [9.17, 15) is 4.79 Å². The number of ether oxygens (including phenoxy) is 1. The number of nitrogens with zero attached hydrogens (tertiary/aromatic N) is 3. The number of hydrogen-bond acceptors (Lipinski definition) is 4. The predicted octanol–water partition coefficient (Wildman–Crippen LogP) is 2.18. The zero-order valence-electron chi connectivity index (χ0n) is 15.4.